The normalized spacial score (nSPS) is 11.3. The average Bonchev–Trinajstić information content (AvgIpc) is 2.34. The molecule has 0 fully saturated rings. The van der Waals surface area contributed by atoms with Gasteiger partial charge in [0.1, 0.15) is 5.60 Å². The van der Waals surface area contributed by atoms with Crippen LogP contribution in [0.2, 0.25) is 0 Å². The maximum absolute atomic E-state index is 13.7. The molecule has 0 unspecified atom stereocenters. The van der Waals surface area contributed by atoms with Crippen molar-refractivity contribution in [3.8, 4) is 5.75 Å². The minimum atomic E-state index is -0.710. The van der Waals surface area contributed by atoms with Crippen molar-refractivity contribution in [1.82, 2.24) is 4.98 Å². The lowest BCUT2D eigenvalue weighted by Gasteiger charge is -2.26. The zero-order valence-corrected chi connectivity index (χ0v) is 10.4. The molecule has 1 aromatic heterocycles. The fourth-order valence-electron chi connectivity index (χ4n) is 1.65. The minimum Gasteiger partial charge on any atom is -0.478 e. The fraction of sp³-hybridized carbons (Fsp3) is 0.214. The molecule has 0 atom stereocenters. The highest BCUT2D eigenvalue weighted by Gasteiger charge is 2.25. The molecule has 1 aromatic carbocycles. The number of ether oxygens (including phenoxy) is 1. The summed E-state index contributed by atoms with van der Waals surface area (Å²) >= 11 is 0. The quantitative estimate of drug-likeness (QED) is 0.846. The third-order valence-electron chi connectivity index (χ3n) is 2.60. The molecule has 4 heteroatoms. The van der Waals surface area contributed by atoms with E-state index < -0.39 is 11.4 Å². The van der Waals surface area contributed by atoms with Crippen molar-refractivity contribution in [3.05, 3.63) is 54.1 Å². The van der Waals surface area contributed by atoms with Crippen molar-refractivity contribution >= 4 is 5.69 Å². The maximum atomic E-state index is 13.7. The predicted octanol–water partition coefficient (Wildman–Crippen LogP) is 3.12. The van der Waals surface area contributed by atoms with Crippen LogP contribution in [0.4, 0.5) is 10.1 Å². The second-order valence-corrected chi connectivity index (χ2v) is 4.52. The Morgan fingerprint density at radius 1 is 1.22 bits per heavy atom. The van der Waals surface area contributed by atoms with Gasteiger partial charge < -0.3 is 10.5 Å². The first-order valence-electron chi connectivity index (χ1n) is 5.64. The largest absolute Gasteiger partial charge is 0.478 e. The molecule has 0 saturated carbocycles. The molecule has 0 radical (unpaired) electrons. The Morgan fingerprint density at radius 2 is 2.00 bits per heavy atom. The van der Waals surface area contributed by atoms with E-state index in [1.807, 2.05) is 32.0 Å². The van der Waals surface area contributed by atoms with Gasteiger partial charge >= 0.3 is 0 Å². The van der Waals surface area contributed by atoms with E-state index in [0.29, 0.717) is 5.69 Å². The molecule has 0 saturated heterocycles. The number of nitrogens with two attached hydrogens (primary N) is 1. The first-order chi connectivity index (χ1) is 8.49. The van der Waals surface area contributed by atoms with Crippen LogP contribution in [0.3, 0.4) is 0 Å². The van der Waals surface area contributed by atoms with Crippen LogP contribution in [0.5, 0.6) is 5.75 Å². The molecule has 0 aliphatic heterocycles. The van der Waals surface area contributed by atoms with Gasteiger partial charge in [-0.05, 0) is 38.1 Å². The highest BCUT2D eigenvalue weighted by molar-refractivity contribution is 5.43. The van der Waals surface area contributed by atoms with Crippen LogP contribution in [0.1, 0.15) is 19.5 Å². The van der Waals surface area contributed by atoms with Gasteiger partial charge in [0.25, 0.3) is 0 Å². The molecule has 94 valence electrons. The van der Waals surface area contributed by atoms with Crippen molar-refractivity contribution in [1.29, 1.82) is 0 Å². The lowest BCUT2D eigenvalue weighted by atomic mass is 10.0. The maximum Gasteiger partial charge on any atom is 0.167 e. The van der Waals surface area contributed by atoms with E-state index >= 15 is 0 Å². The molecule has 18 heavy (non-hydrogen) atoms. The van der Waals surface area contributed by atoms with Gasteiger partial charge in [0, 0.05) is 18.0 Å². The zero-order chi connectivity index (χ0) is 13.2. The number of benzene rings is 1. The summed E-state index contributed by atoms with van der Waals surface area (Å²) in [6.07, 6.45) is 1.68. The van der Waals surface area contributed by atoms with E-state index in [1.165, 1.54) is 12.1 Å². The van der Waals surface area contributed by atoms with Crippen molar-refractivity contribution in [2.24, 2.45) is 0 Å². The Bertz CT molecular complexity index is 541. The fourth-order valence-corrected chi connectivity index (χ4v) is 1.65. The number of anilines is 1. The van der Waals surface area contributed by atoms with Crippen LogP contribution in [0.15, 0.2) is 42.6 Å². The molecule has 2 rings (SSSR count). The number of hydrogen-bond acceptors (Lipinski definition) is 3. The number of hydrogen-bond donors (Lipinski definition) is 1. The van der Waals surface area contributed by atoms with E-state index in [-0.39, 0.29) is 5.75 Å². The number of pyridine rings is 1. The number of nitrogen functional groups attached to an aromatic ring is 1. The van der Waals surface area contributed by atoms with Crippen LogP contribution in [-0.4, -0.2) is 4.98 Å². The number of halogens is 1. The Kier molecular flexibility index (Phi) is 3.19. The Morgan fingerprint density at radius 3 is 2.61 bits per heavy atom. The summed E-state index contributed by atoms with van der Waals surface area (Å²) in [4.78, 5) is 4.22. The summed E-state index contributed by atoms with van der Waals surface area (Å²) in [5.74, 6) is -0.307. The third-order valence-corrected chi connectivity index (χ3v) is 2.60. The molecule has 0 spiro atoms. The molecule has 0 bridgehead atoms. The number of rotatable bonds is 3. The van der Waals surface area contributed by atoms with E-state index in [2.05, 4.69) is 4.98 Å². The molecular weight excluding hydrogens is 231 g/mol. The van der Waals surface area contributed by atoms with Gasteiger partial charge in [-0.2, -0.15) is 0 Å². The Hall–Kier alpha value is -2.10. The second kappa shape index (κ2) is 4.64. The van der Waals surface area contributed by atoms with Crippen LogP contribution in [-0.2, 0) is 5.60 Å². The summed E-state index contributed by atoms with van der Waals surface area (Å²) in [6, 6.07) is 9.90. The summed E-state index contributed by atoms with van der Waals surface area (Å²) in [5.41, 5.74) is 5.89. The third kappa shape index (κ3) is 2.59. The number of aromatic nitrogens is 1. The van der Waals surface area contributed by atoms with Gasteiger partial charge in [-0.15, -0.1) is 0 Å². The summed E-state index contributed by atoms with van der Waals surface area (Å²) in [6.45, 7) is 3.68. The van der Waals surface area contributed by atoms with E-state index in [9.17, 15) is 4.39 Å². The molecule has 0 aliphatic carbocycles. The first-order valence-corrected chi connectivity index (χ1v) is 5.64. The van der Waals surface area contributed by atoms with Gasteiger partial charge in [-0.25, -0.2) is 4.39 Å². The van der Waals surface area contributed by atoms with Crippen molar-refractivity contribution in [2.75, 3.05) is 5.73 Å². The lowest BCUT2D eigenvalue weighted by molar-refractivity contribution is 0.0979. The highest BCUT2D eigenvalue weighted by atomic mass is 19.1. The molecule has 3 nitrogen and oxygen atoms in total. The topological polar surface area (TPSA) is 48.1 Å². The van der Waals surface area contributed by atoms with Gasteiger partial charge in [-0.3, -0.25) is 4.98 Å². The Balaban J connectivity index is 2.28. The summed E-state index contributed by atoms with van der Waals surface area (Å²) in [7, 11) is 0. The second-order valence-electron chi connectivity index (χ2n) is 4.52. The van der Waals surface area contributed by atoms with Crippen LogP contribution < -0.4 is 10.5 Å². The van der Waals surface area contributed by atoms with Gasteiger partial charge in [0.15, 0.2) is 11.6 Å². The van der Waals surface area contributed by atoms with E-state index in [0.717, 1.165) is 5.69 Å². The predicted molar refractivity (Wildman–Crippen MR) is 68.7 cm³/mol. The molecule has 1 heterocycles. The molecule has 0 amide bonds. The first kappa shape index (κ1) is 12.4. The van der Waals surface area contributed by atoms with Crippen molar-refractivity contribution in [3.63, 3.8) is 0 Å². The standard InChI is InChI=1S/C14H15FN2O/c1-14(2,13-5-3-4-8-17-13)18-12-7-6-10(16)9-11(12)15/h3-9H,16H2,1-2H3. The van der Waals surface area contributed by atoms with Crippen LogP contribution >= 0.6 is 0 Å². The summed E-state index contributed by atoms with van der Waals surface area (Å²) in [5, 5.41) is 0. The van der Waals surface area contributed by atoms with Gasteiger partial charge in [-0.1, -0.05) is 6.07 Å². The smallest absolute Gasteiger partial charge is 0.167 e. The van der Waals surface area contributed by atoms with Crippen LogP contribution in [0.25, 0.3) is 0 Å². The van der Waals surface area contributed by atoms with E-state index in [1.54, 1.807) is 12.3 Å². The Labute approximate surface area is 105 Å². The monoisotopic (exact) mass is 246 g/mol. The summed E-state index contributed by atoms with van der Waals surface area (Å²) < 4.78 is 19.4. The van der Waals surface area contributed by atoms with Crippen molar-refractivity contribution < 1.29 is 9.13 Å². The van der Waals surface area contributed by atoms with E-state index in [4.69, 9.17) is 10.5 Å². The molecule has 2 N–H and O–H groups in total. The zero-order valence-electron chi connectivity index (χ0n) is 10.4. The lowest BCUT2D eigenvalue weighted by Crippen LogP contribution is -2.26. The molecular formula is C14H15FN2O. The highest BCUT2D eigenvalue weighted by Crippen LogP contribution is 2.28. The van der Waals surface area contributed by atoms with Gasteiger partial charge in [0.2, 0.25) is 0 Å². The van der Waals surface area contributed by atoms with Crippen molar-refractivity contribution in [2.45, 2.75) is 19.4 Å². The minimum absolute atomic E-state index is 0.167. The molecule has 2 aromatic rings. The molecule has 0 aliphatic rings. The SMILES string of the molecule is CC(C)(Oc1ccc(N)cc1F)c1ccccn1. The van der Waals surface area contributed by atoms with Gasteiger partial charge in [0.05, 0.1) is 5.69 Å². The average molecular weight is 246 g/mol. The van der Waals surface area contributed by atoms with Crippen LogP contribution in [0, 0.1) is 5.82 Å². The number of nitrogens with zero attached hydrogens (tertiary/aromatic N) is 1.